The Kier molecular flexibility index (Phi) is 7.46. The minimum absolute atomic E-state index is 0.117. The van der Waals surface area contributed by atoms with Gasteiger partial charge in [0.1, 0.15) is 10.6 Å². The van der Waals surface area contributed by atoms with Crippen molar-refractivity contribution in [2.45, 2.75) is 4.90 Å². The Morgan fingerprint density at radius 1 is 1.20 bits per heavy atom. The van der Waals surface area contributed by atoms with Crippen LogP contribution in [0, 0.1) is 0 Å². The van der Waals surface area contributed by atoms with E-state index in [1.54, 1.807) is 19.2 Å². The van der Waals surface area contributed by atoms with Gasteiger partial charge in [-0.2, -0.15) is 0 Å². The number of methoxy groups -OCH3 is 2. The van der Waals surface area contributed by atoms with E-state index in [2.05, 4.69) is 26.0 Å². The molecule has 1 aromatic rings. The molecule has 2 N–H and O–H groups in total. The lowest BCUT2D eigenvalue weighted by atomic mass is 10.3. The lowest BCUT2D eigenvalue weighted by Gasteiger charge is -2.11. The molecular weight excluding hydrogens is 348 g/mol. The maximum atomic E-state index is 12.2. The molecule has 0 unspecified atom stereocenters. The molecule has 0 spiro atoms. The summed E-state index contributed by atoms with van der Waals surface area (Å²) in [6, 6.07) is 4.85. The molecule has 0 bridgehead atoms. The first-order valence-corrected chi connectivity index (χ1v) is 8.31. The summed E-state index contributed by atoms with van der Waals surface area (Å²) >= 11 is 3.25. The van der Waals surface area contributed by atoms with Crippen molar-refractivity contribution in [2.24, 2.45) is 0 Å². The maximum absolute atomic E-state index is 12.2. The Morgan fingerprint density at radius 3 is 2.60 bits per heavy atom. The van der Waals surface area contributed by atoms with Crippen LogP contribution in [0.2, 0.25) is 0 Å². The molecule has 0 amide bonds. The second-order valence-corrected chi connectivity index (χ2v) is 6.59. The molecule has 0 aromatic heterocycles. The zero-order chi connectivity index (χ0) is 15.0. The van der Waals surface area contributed by atoms with E-state index in [9.17, 15) is 8.42 Å². The predicted molar refractivity (Wildman–Crippen MR) is 80.6 cm³/mol. The molecule has 6 nitrogen and oxygen atoms in total. The fourth-order valence-corrected chi connectivity index (χ4v) is 3.25. The Bertz CT molecular complexity index is 522. The summed E-state index contributed by atoms with van der Waals surface area (Å²) in [5.41, 5.74) is 0. The molecule has 114 valence electrons. The molecule has 0 saturated carbocycles. The number of rotatable bonds is 9. The predicted octanol–water partition coefficient (Wildman–Crippen LogP) is 0.972. The summed E-state index contributed by atoms with van der Waals surface area (Å²) in [5.74, 6) is 0.313. The fraction of sp³-hybridized carbons (Fsp3) is 0.500. The van der Waals surface area contributed by atoms with Gasteiger partial charge in [0.25, 0.3) is 0 Å². The molecule has 0 radical (unpaired) electrons. The van der Waals surface area contributed by atoms with Gasteiger partial charge in [-0.05, 0) is 18.2 Å². The highest BCUT2D eigenvalue weighted by molar-refractivity contribution is 9.10. The summed E-state index contributed by atoms with van der Waals surface area (Å²) in [5, 5.41) is 3.06. The zero-order valence-electron chi connectivity index (χ0n) is 11.5. The first-order valence-electron chi connectivity index (χ1n) is 6.04. The van der Waals surface area contributed by atoms with Crippen molar-refractivity contribution in [3.63, 3.8) is 0 Å². The quantitative estimate of drug-likeness (QED) is 0.637. The van der Waals surface area contributed by atoms with Crippen molar-refractivity contribution in [3.8, 4) is 5.75 Å². The van der Waals surface area contributed by atoms with E-state index < -0.39 is 10.0 Å². The number of sulfonamides is 1. The molecule has 1 aromatic carbocycles. The average molecular weight is 367 g/mol. The molecule has 0 saturated heterocycles. The number of ether oxygens (including phenoxy) is 2. The number of nitrogens with one attached hydrogen (secondary N) is 2. The zero-order valence-corrected chi connectivity index (χ0v) is 13.9. The van der Waals surface area contributed by atoms with Gasteiger partial charge in [0.2, 0.25) is 10.0 Å². The van der Waals surface area contributed by atoms with Gasteiger partial charge in [-0.15, -0.1) is 0 Å². The van der Waals surface area contributed by atoms with Crippen LogP contribution in [-0.4, -0.2) is 48.9 Å². The maximum Gasteiger partial charge on any atom is 0.244 e. The molecule has 0 aliphatic carbocycles. The molecule has 0 heterocycles. The van der Waals surface area contributed by atoms with Gasteiger partial charge in [0, 0.05) is 31.2 Å². The van der Waals surface area contributed by atoms with Gasteiger partial charge in [-0.3, -0.25) is 0 Å². The van der Waals surface area contributed by atoms with Crippen LogP contribution in [-0.2, 0) is 14.8 Å². The van der Waals surface area contributed by atoms with Crippen molar-refractivity contribution < 1.29 is 17.9 Å². The van der Waals surface area contributed by atoms with E-state index in [0.29, 0.717) is 36.5 Å². The number of hydrogen-bond donors (Lipinski definition) is 2. The Morgan fingerprint density at radius 2 is 1.95 bits per heavy atom. The minimum Gasteiger partial charge on any atom is -0.495 e. The van der Waals surface area contributed by atoms with E-state index in [1.165, 1.54) is 13.2 Å². The van der Waals surface area contributed by atoms with Crippen molar-refractivity contribution in [1.29, 1.82) is 0 Å². The highest BCUT2D eigenvalue weighted by Gasteiger charge is 2.19. The van der Waals surface area contributed by atoms with Crippen molar-refractivity contribution >= 4 is 26.0 Å². The van der Waals surface area contributed by atoms with Crippen molar-refractivity contribution in [1.82, 2.24) is 10.0 Å². The van der Waals surface area contributed by atoms with Crippen LogP contribution in [0.25, 0.3) is 0 Å². The second kappa shape index (κ2) is 8.58. The van der Waals surface area contributed by atoms with Gasteiger partial charge in [-0.25, -0.2) is 13.1 Å². The number of benzene rings is 1. The minimum atomic E-state index is -3.59. The van der Waals surface area contributed by atoms with Crippen LogP contribution in [0.3, 0.4) is 0 Å². The Balaban J connectivity index is 2.62. The van der Waals surface area contributed by atoms with Crippen LogP contribution in [0.5, 0.6) is 5.75 Å². The molecule has 0 atom stereocenters. The fourth-order valence-electron chi connectivity index (χ4n) is 1.51. The smallest absolute Gasteiger partial charge is 0.244 e. The Hall–Kier alpha value is -0.670. The first-order chi connectivity index (χ1) is 9.51. The van der Waals surface area contributed by atoms with E-state index in [1.807, 2.05) is 0 Å². The molecule has 1 rings (SSSR count). The third-order valence-electron chi connectivity index (χ3n) is 2.49. The SMILES string of the molecule is COCCNCCNS(=O)(=O)c1cc(Br)ccc1OC. The average Bonchev–Trinajstić information content (AvgIpc) is 2.42. The van der Waals surface area contributed by atoms with Crippen molar-refractivity contribution in [3.05, 3.63) is 22.7 Å². The van der Waals surface area contributed by atoms with Gasteiger partial charge < -0.3 is 14.8 Å². The van der Waals surface area contributed by atoms with Gasteiger partial charge >= 0.3 is 0 Å². The van der Waals surface area contributed by atoms with E-state index in [4.69, 9.17) is 9.47 Å². The van der Waals surface area contributed by atoms with Crippen LogP contribution >= 0.6 is 15.9 Å². The van der Waals surface area contributed by atoms with Crippen molar-refractivity contribution in [2.75, 3.05) is 40.5 Å². The number of halogens is 1. The second-order valence-electron chi connectivity index (χ2n) is 3.94. The van der Waals surface area contributed by atoms with Crippen LogP contribution < -0.4 is 14.8 Å². The van der Waals surface area contributed by atoms with E-state index in [0.717, 1.165) is 0 Å². The molecule has 0 aliphatic heterocycles. The van der Waals surface area contributed by atoms with E-state index >= 15 is 0 Å². The molecule has 8 heteroatoms. The van der Waals surface area contributed by atoms with E-state index in [-0.39, 0.29) is 4.90 Å². The van der Waals surface area contributed by atoms with Crippen LogP contribution in [0.15, 0.2) is 27.6 Å². The third kappa shape index (κ3) is 5.37. The standard InChI is InChI=1S/C12H19BrN2O4S/c1-18-8-7-14-5-6-15-20(16,17)12-9-10(13)3-4-11(12)19-2/h3-4,9,14-15H,5-8H2,1-2H3. The third-order valence-corrected chi connectivity index (χ3v) is 4.47. The van der Waals surface area contributed by atoms with Gasteiger partial charge in [-0.1, -0.05) is 15.9 Å². The summed E-state index contributed by atoms with van der Waals surface area (Å²) in [6.07, 6.45) is 0. The summed E-state index contributed by atoms with van der Waals surface area (Å²) in [4.78, 5) is 0.117. The largest absolute Gasteiger partial charge is 0.495 e. The summed E-state index contributed by atoms with van der Waals surface area (Å²) in [6.45, 7) is 2.09. The first kappa shape index (κ1) is 17.4. The molecule has 0 aliphatic rings. The highest BCUT2D eigenvalue weighted by atomic mass is 79.9. The normalized spacial score (nSPS) is 11.6. The molecule has 0 fully saturated rings. The molecule has 20 heavy (non-hydrogen) atoms. The van der Waals surface area contributed by atoms with Crippen LogP contribution in [0.1, 0.15) is 0 Å². The summed E-state index contributed by atoms with van der Waals surface area (Å²) in [7, 11) is -0.540. The van der Waals surface area contributed by atoms with Gasteiger partial charge in [0.05, 0.1) is 13.7 Å². The van der Waals surface area contributed by atoms with Gasteiger partial charge in [0.15, 0.2) is 0 Å². The summed E-state index contributed by atoms with van der Waals surface area (Å²) < 4.78 is 37.5. The van der Waals surface area contributed by atoms with Crippen LogP contribution in [0.4, 0.5) is 0 Å². The lowest BCUT2D eigenvalue weighted by molar-refractivity contribution is 0.199. The Labute approximate surface area is 128 Å². The highest BCUT2D eigenvalue weighted by Crippen LogP contribution is 2.26. The topological polar surface area (TPSA) is 76.7 Å². The number of hydrogen-bond acceptors (Lipinski definition) is 5. The lowest BCUT2D eigenvalue weighted by Crippen LogP contribution is -2.33. The molecular formula is C12H19BrN2O4S. The monoisotopic (exact) mass is 366 g/mol.